The Morgan fingerprint density at radius 1 is 1.18 bits per heavy atom. The molecule has 1 fully saturated rings. The van der Waals surface area contributed by atoms with Crippen LogP contribution in [0, 0.1) is 0 Å². The van der Waals surface area contributed by atoms with E-state index in [9.17, 15) is 9.59 Å². The van der Waals surface area contributed by atoms with E-state index in [0.717, 1.165) is 37.0 Å². The standard InChI is InChI=1S/C29H37N5O4.C2H6/c1-17-23-11-12-37-25(17)16-31-18(2)27(36)33-22-15-29(3,4)38-24-10-9-19(13-21(22)24)7-5-6-8-20-14-26(35)34(23)28(30)32-20;1-2/h9-10,13,16,20,22-23H,1,5-8,11-12,14-15H2,2-4H3,(H2,30,32)(H,33,36);1-2H3/b25-16+,31-18?;/t20?,22?,23-;/m1./s1. The van der Waals surface area contributed by atoms with Crippen molar-refractivity contribution in [3.05, 3.63) is 53.4 Å². The Morgan fingerprint density at radius 2 is 1.95 bits per heavy atom. The Labute approximate surface area is 237 Å². The zero-order valence-electron chi connectivity index (χ0n) is 24.5. The van der Waals surface area contributed by atoms with Crippen molar-refractivity contribution in [2.24, 2.45) is 15.7 Å². The number of amides is 2. The highest BCUT2D eigenvalue weighted by Gasteiger charge is 2.38. The molecule has 5 heterocycles. The van der Waals surface area contributed by atoms with E-state index in [2.05, 4.69) is 34.0 Å². The molecule has 0 aliphatic carbocycles. The van der Waals surface area contributed by atoms with Gasteiger partial charge in [-0.05, 0) is 51.7 Å². The Kier molecular flexibility index (Phi) is 9.01. The Morgan fingerprint density at radius 3 is 2.70 bits per heavy atom. The van der Waals surface area contributed by atoms with Crippen molar-refractivity contribution in [2.75, 3.05) is 6.61 Å². The molecule has 0 radical (unpaired) electrons. The second kappa shape index (κ2) is 12.3. The van der Waals surface area contributed by atoms with Crippen molar-refractivity contribution in [3.8, 4) is 5.75 Å². The number of fused-ring (bicyclic) bond motifs is 7. The van der Waals surface area contributed by atoms with Crippen molar-refractivity contribution >= 4 is 23.5 Å². The minimum Gasteiger partial charge on any atom is -0.492 e. The van der Waals surface area contributed by atoms with Crippen LogP contribution >= 0.6 is 0 Å². The molecular weight excluding hydrogens is 506 g/mol. The lowest BCUT2D eigenvalue weighted by molar-refractivity contribution is -0.130. The molecule has 6 bridgehead atoms. The van der Waals surface area contributed by atoms with Crippen LogP contribution in [0.4, 0.5) is 0 Å². The van der Waals surface area contributed by atoms with Gasteiger partial charge in [-0.2, -0.15) is 0 Å². The average molecular weight is 550 g/mol. The molecule has 5 aliphatic heterocycles. The molecule has 3 N–H and O–H groups in total. The number of rotatable bonds is 0. The summed E-state index contributed by atoms with van der Waals surface area (Å²) in [7, 11) is 0. The van der Waals surface area contributed by atoms with E-state index in [-0.39, 0.29) is 35.9 Å². The Balaban J connectivity index is 0.00000181. The topological polar surface area (TPSA) is 119 Å². The summed E-state index contributed by atoms with van der Waals surface area (Å²) in [4.78, 5) is 36.9. The molecule has 216 valence electrons. The van der Waals surface area contributed by atoms with Crippen molar-refractivity contribution in [3.63, 3.8) is 0 Å². The molecule has 9 heteroatoms. The maximum Gasteiger partial charge on any atom is 0.265 e. The van der Waals surface area contributed by atoms with Gasteiger partial charge in [0.25, 0.3) is 5.91 Å². The first-order valence-corrected chi connectivity index (χ1v) is 14.5. The molecule has 6 rings (SSSR count). The summed E-state index contributed by atoms with van der Waals surface area (Å²) in [5.41, 5.74) is 8.96. The van der Waals surface area contributed by atoms with Gasteiger partial charge in [-0.3, -0.25) is 19.5 Å². The first-order valence-electron chi connectivity index (χ1n) is 14.5. The Bertz CT molecular complexity index is 1250. The zero-order chi connectivity index (χ0) is 29.0. The van der Waals surface area contributed by atoms with Gasteiger partial charge in [0.1, 0.15) is 22.8 Å². The van der Waals surface area contributed by atoms with Gasteiger partial charge in [0.05, 0.1) is 30.9 Å². The Hall–Kier alpha value is -3.62. The number of carbonyl (C=O) groups excluding carboxylic acids is 2. The lowest BCUT2D eigenvalue weighted by atomic mass is 9.88. The summed E-state index contributed by atoms with van der Waals surface area (Å²) in [5, 5.41) is 3.17. The number of carbonyl (C=O) groups is 2. The smallest absolute Gasteiger partial charge is 0.265 e. The lowest BCUT2D eigenvalue weighted by Crippen LogP contribution is -2.54. The number of benzene rings is 1. The molecule has 0 aromatic heterocycles. The van der Waals surface area contributed by atoms with Crippen LogP contribution in [0.15, 0.2) is 52.3 Å². The average Bonchev–Trinajstić information content (AvgIpc) is 2.91. The summed E-state index contributed by atoms with van der Waals surface area (Å²) in [6.45, 7) is 14.3. The number of aliphatic imine (C=N–C) groups is 2. The highest BCUT2D eigenvalue weighted by molar-refractivity contribution is 6.38. The highest BCUT2D eigenvalue weighted by atomic mass is 16.5. The number of guanidine groups is 1. The third kappa shape index (κ3) is 6.40. The van der Waals surface area contributed by atoms with Crippen LogP contribution < -0.4 is 15.8 Å². The van der Waals surface area contributed by atoms with Gasteiger partial charge < -0.3 is 20.5 Å². The van der Waals surface area contributed by atoms with E-state index in [1.807, 2.05) is 33.8 Å². The largest absolute Gasteiger partial charge is 0.492 e. The fourth-order valence-corrected chi connectivity index (χ4v) is 5.71. The monoisotopic (exact) mass is 549 g/mol. The van der Waals surface area contributed by atoms with Crippen molar-refractivity contribution in [2.45, 2.75) is 103 Å². The van der Waals surface area contributed by atoms with Crippen LogP contribution in [-0.4, -0.2) is 52.7 Å². The number of hydrogen-bond acceptors (Lipinski definition) is 7. The number of nitrogens with zero attached hydrogens (tertiary/aromatic N) is 3. The molecule has 1 saturated heterocycles. The van der Waals surface area contributed by atoms with Gasteiger partial charge in [-0.25, -0.2) is 4.99 Å². The molecule has 9 nitrogen and oxygen atoms in total. The fraction of sp³-hybridized carbons (Fsp3) is 0.548. The lowest BCUT2D eigenvalue weighted by Gasteiger charge is -2.38. The first-order chi connectivity index (χ1) is 19.1. The van der Waals surface area contributed by atoms with Crippen LogP contribution in [0.2, 0.25) is 0 Å². The maximum absolute atomic E-state index is 13.2. The number of ether oxygens (including phenoxy) is 2. The van der Waals surface area contributed by atoms with Crippen molar-refractivity contribution in [1.29, 1.82) is 0 Å². The summed E-state index contributed by atoms with van der Waals surface area (Å²) >= 11 is 0. The van der Waals surface area contributed by atoms with Crippen LogP contribution in [0.25, 0.3) is 0 Å². The van der Waals surface area contributed by atoms with E-state index in [1.165, 1.54) is 11.8 Å². The van der Waals surface area contributed by atoms with Crippen LogP contribution in [0.5, 0.6) is 5.75 Å². The molecule has 0 saturated carbocycles. The van der Waals surface area contributed by atoms with Gasteiger partial charge in [0.2, 0.25) is 5.91 Å². The van der Waals surface area contributed by atoms with E-state index < -0.39 is 5.60 Å². The van der Waals surface area contributed by atoms with E-state index in [1.54, 1.807) is 11.8 Å². The normalized spacial score (nSPS) is 27.8. The van der Waals surface area contributed by atoms with E-state index in [4.69, 9.17) is 15.2 Å². The molecular formula is C31H43N5O4. The molecule has 1 aromatic carbocycles. The molecule has 0 spiro atoms. The first kappa shape index (κ1) is 29.4. The number of nitrogens with two attached hydrogens (primary N) is 1. The number of nitrogens with one attached hydrogen (secondary N) is 1. The maximum atomic E-state index is 13.2. The minimum absolute atomic E-state index is 0.0491. The molecule has 2 unspecified atom stereocenters. The third-order valence-corrected chi connectivity index (χ3v) is 7.71. The van der Waals surface area contributed by atoms with Gasteiger partial charge in [0.15, 0.2) is 5.96 Å². The van der Waals surface area contributed by atoms with Crippen LogP contribution in [0.3, 0.4) is 0 Å². The second-order valence-electron chi connectivity index (χ2n) is 11.2. The molecule has 3 atom stereocenters. The summed E-state index contributed by atoms with van der Waals surface area (Å²) in [5.74, 6) is 1.15. The summed E-state index contributed by atoms with van der Waals surface area (Å²) < 4.78 is 12.0. The van der Waals surface area contributed by atoms with E-state index in [0.29, 0.717) is 42.9 Å². The predicted molar refractivity (Wildman–Crippen MR) is 157 cm³/mol. The summed E-state index contributed by atoms with van der Waals surface area (Å²) in [6.07, 6.45) is 6.63. The molecule has 5 aliphatic rings. The van der Waals surface area contributed by atoms with Crippen LogP contribution in [0.1, 0.15) is 90.3 Å². The van der Waals surface area contributed by atoms with Gasteiger partial charge in [-0.1, -0.05) is 39.0 Å². The van der Waals surface area contributed by atoms with Crippen molar-refractivity contribution < 1.29 is 19.1 Å². The number of aryl methyl sites for hydroxylation is 1. The molecule has 1 aromatic rings. The van der Waals surface area contributed by atoms with Gasteiger partial charge in [-0.15, -0.1) is 0 Å². The second-order valence-corrected chi connectivity index (χ2v) is 11.2. The highest BCUT2D eigenvalue weighted by Crippen LogP contribution is 2.40. The molecule has 40 heavy (non-hydrogen) atoms. The van der Waals surface area contributed by atoms with E-state index >= 15 is 0 Å². The van der Waals surface area contributed by atoms with Gasteiger partial charge >= 0.3 is 0 Å². The van der Waals surface area contributed by atoms with Gasteiger partial charge in [0, 0.05) is 30.4 Å². The van der Waals surface area contributed by atoms with Crippen molar-refractivity contribution in [1.82, 2.24) is 10.2 Å². The van der Waals surface area contributed by atoms with Crippen LogP contribution in [-0.2, 0) is 20.7 Å². The number of hydrogen-bond donors (Lipinski definition) is 2. The zero-order valence-corrected chi connectivity index (χ0v) is 24.5. The minimum atomic E-state index is -0.412. The summed E-state index contributed by atoms with van der Waals surface area (Å²) in [6, 6.07) is 5.58. The molecule has 2 amide bonds. The quantitative estimate of drug-likeness (QED) is 0.485. The third-order valence-electron chi connectivity index (χ3n) is 7.71. The SMILES string of the molecule is C=C1/C2=C\N=C(C)C(=O)NC3CC(C)(C)Oc4ccc(cc43)CCCCC3CC(=O)N(C(N)=N3)[C@@H]1CCO2.CC. The fourth-order valence-electron chi connectivity index (χ4n) is 5.71. The predicted octanol–water partition coefficient (Wildman–Crippen LogP) is 4.72.